The third-order valence-corrected chi connectivity index (χ3v) is 0.741. The molecule has 0 aromatic carbocycles. The van der Waals surface area contributed by atoms with Crippen LogP contribution in [0.5, 0.6) is 0 Å². The van der Waals surface area contributed by atoms with Gasteiger partial charge in [-0.1, -0.05) is 0 Å². The normalized spacial score (nSPS) is 15.7. The third kappa shape index (κ3) is 2.22. The molecule has 0 saturated carbocycles. The van der Waals surface area contributed by atoms with Crippen LogP contribution in [0.3, 0.4) is 0 Å². The quantitative estimate of drug-likeness (QED) is 0.168. The van der Waals surface area contributed by atoms with Gasteiger partial charge in [0, 0.05) is 0 Å². The van der Waals surface area contributed by atoms with Gasteiger partial charge < -0.3 is 20.4 Å². The summed E-state index contributed by atoms with van der Waals surface area (Å²) in [7, 11) is 0. The molecule has 5 N–H and O–H groups in total. The van der Waals surface area contributed by atoms with Gasteiger partial charge in [-0.3, -0.25) is 0 Å². The van der Waals surface area contributed by atoms with Crippen molar-refractivity contribution in [2.75, 3.05) is 6.61 Å². The Kier molecular flexibility index (Phi) is 2.98. The van der Waals surface area contributed by atoms with Crippen LogP contribution in [0.2, 0.25) is 0 Å². The molecule has 0 heterocycles. The van der Waals surface area contributed by atoms with Crippen LogP contribution in [0.1, 0.15) is 0 Å². The molecule has 0 saturated heterocycles. The van der Waals surface area contributed by atoms with E-state index >= 15 is 0 Å². The van der Waals surface area contributed by atoms with Crippen LogP contribution in [0.15, 0.2) is 0 Å². The van der Waals surface area contributed by atoms with Crippen LogP contribution >= 0.6 is 0 Å². The summed E-state index contributed by atoms with van der Waals surface area (Å²) in [5.74, 6) is -3.09. The number of aliphatic hydroxyl groups excluding tert-OH is 2. The number of rotatable bonds is 3. The van der Waals surface area contributed by atoms with Gasteiger partial charge in [0.2, 0.25) is 0 Å². The molecule has 6 heteroatoms. The molecule has 0 aliphatic carbocycles. The molecule has 1 atom stereocenters. The third-order valence-electron chi connectivity index (χ3n) is 0.741. The largest absolute Gasteiger partial charge is 0.393 e. The van der Waals surface area contributed by atoms with Crippen molar-refractivity contribution in [3.05, 3.63) is 0 Å². The van der Waals surface area contributed by atoms with E-state index in [0.717, 1.165) is 0 Å². The van der Waals surface area contributed by atoms with Gasteiger partial charge in [-0.25, -0.2) is 5.26 Å². The molecule has 0 aromatic heterocycles. The summed E-state index contributed by atoms with van der Waals surface area (Å²) in [5, 5.41) is 40.5. The molecule has 0 radical (unpaired) electrons. The predicted molar refractivity (Wildman–Crippen MR) is 24.0 cm³/mol. The zero-order valence-corrected chi connectivity index (χ0v) is 4.43. The van der Waals surface area contributed by atoms with Gasteiger partial charge in [0.05, 0.1) is 6.61 Å². The smallest absolute Gasteiger partial charge is 0.335 e. The standard InChI is InChI=1S/C3H8O6/c4-1-2(5)3(6,7)9-8/h2,4-8H,1H2. The molecule has 0 amide bonds. The minimum atomic E-state index is -3.09. The second-order valence-electron chi connectivity index (χ2n) is 1.45. The number of aliphatic hydroxyl groups is 4. The summed E-state index contributed by atoms with van der Waals surface area (Å²) >= 11 is 0. The van der Waals surface area contributed by atoms with Gasteiger partial charge in [0.15, 0.2) is 6.10 Å². The lowest BCUT2D eigenvalue weighted by atomic mass is 10.3. The fourth-order valence-corrected chi connectivity index (χ4v) is 0.180. The molecule has 1 unspecified atom stereocenters. The van der Waals surface area contributed by atoms with Crippen LogP contribution < -0.4 is 0 Å². The summed E-state index contributed by atoms with van der Waals surface area (Å²) in [6, 6.07) is 0. The maximum Gasteiger partial charge on any atom is 0.335 e. The van der Waals surface area contributed by atoms with Gasteiger partial charge in [0.1, 0.15) is 0 Å². The minimum absolute atomic E-state index is 0.923. The number of hydrogen-bond donors (Lipinski definition) is 5. The highest BCUT2D eigenvalue weighted by molar-refractivity contribution is 4.60. The van der Waals surface area contributed by atoms with E-state index in [9.17, 15) is 0 Å². The van der Waals surface area contributed by atoms with Crippen molar-refractivity contribution < 1.29 is 30.6 Å². The maximum absolute atomic E-state index is 8.35. The summed E-state index contributed by atoms with van der Waals surface area (Å²) in [4.78, 5) is 2.99. The van der Waals surface area contributed by atoms with E-state index in [2.05, 4.69) is 4.89 Å². The van der Waals surface area contributed by atoms with Gasteiger partial charge in [-0.05, 0) is 0 Å². The second kappa shape index (κ2) is 3.06. The molecule has 0 aliphatic heterocycles. The van der Waals surface area contributed by atoms with Crippen molar-refractivity contribution in [2.45, 2.75) is 12.1 Å². The molecule has 0 fully saturated rings. The van der Waals surface area contributed by atoms with Crippen molar-refractivity contribution in [1.29, 1.82) is 0 Å². The molecule has 0 aliphatic rings. The van der Waals surface area contributed by atoms with Crippen molar-refractivity contribution in [3.8, 4) is 0 Å². The highest BCUT2D eigenvalue weighted by Gasteiger charge is 2.34. The lowest BCUT2D eigenvalue weighted by Crippen LogP contribution is -2.46. The highest BCUT2D eigenvalue weighted by Crippen LogP contribution is 2.04. The molecule has 0 bridgehead atoms. The Hall–Kier alpha value is -0.240. The molecule has 0 rings (SSSR count). The lowest BCUT2D eigenvalue weighted by Gasteiger charge is -2.20. The van der Waals surface area contributed by atoms with Gasteiger partial charge >= 0.3 is 5.97 Å². The summed E-state index contributed by atoms with van der Waals surface area (Å²) in [6.07, 6.45) is -1.94. The SMILES string of the molecule is OCC(O)C(O)(O)OO. The molecular formula is C3H8O6. The van der Waals surface area contributed by atoms with Crippen LogP contribution in [0.4, 0.5) is 0 Å². The van der Waals surface area contributed by atoms with Crippen molar-refractivity contribution >= 4 is 0 Å². The van der Waals surface area contributed by atoms with Crippen LogP contribution in [-0.4, -0.2) is 44.4 Å². The fourth-order valence-electron chi connectivity index (χ4n) is 0.180. The summed E-state index contributed by atoms with van der Waals surface area (Å²) < 4.78 is 0. The maximum atomic E-state index is 8.35. The zero-order valence-electron chi connectivity index (χ0n) is 4.43. The first-order chi connectivity index (χ1) is 4.04. The summed E-state index contributed by atoms with van der Waals surface area (Å²) in [6.45, 7) is -0.923. The topological polar surface area (TPSA) is 110 Å². The first-order valence-corrected chi connectivity index (χ1v) is 2.11. The van der Waals surface area contributed by atoms with E-state index in [4.69, 9.17) is 25.7 Å². The lowest BCUT2D eigenvalue weighted by molar-refractivity contribution is -0.492. The van der Waals surface area contributed by atoms with Crippen molar-refractivity contribution in [3.63, 3.8) is 0 Å². The predicted octanol–water partition coefficient (Wildman–Crippen LogP) is -2.53. The van der Waals surface area contributed by atoms with E-state index in [-0.39, 0.29) is 0 Å². The van der Waals surface area contributed by atoms with Gasteiger partial charge in [-0.15, -0.1) is 0 Å². The van der Waals surface area contributed by atoms with Crippen LogP contribution in [-0.2, 0) is 4.89 Å². The molecule has 9 heavy (non-hydrogen) atoms. The Balaban J connectivity index is 3.80. The first-order valence-electron chi connectivity index (χ1n) is 2.11. The molecule has 6 nitrogen and oxygen atoms in total. The highest BCUT2D eigenvalue weighted by atomic mass is 17.2. The molecule has 0 aromatic rings. The Bertz CT molecular complexity index is 80.4. The van der Waals surface area contributed by atoms with E-state index in [1.54, 1.807) is 0 Å². The van der Waals surface area contributed by atoms with E-state index in [0.29, 0.717) is 0 Å². The average molecular weight is 140 g/mol. The molecule has 56 valence electrons. The second-order valence-corrected chi connectivity index (χ2v) is 1.45. The first kappa shape index (κ1) is 8.76. The van der Waals surface area contributed by atoms with E-state index in [1.165, 1.54) is 0 Å². The van der Waals surface area contributed by atoms with E-state index in [1.807, 2.05) is 0 Å². The van der Waals surface area contributed by atoms with Gasteiger partial charge in [-0.2, -0.15) is 4.89 Å². The van der Waals surface area contributed by atoms with Crippen LogP contribution in [0, 0.1) is 0 Å². The van der Waals surface area contributed by atoms with Crippen molar-refractivity contribution in [1.82, 2.24) is 0 Å². The van der Waals surface area contributed by atoms with E-state index < -0.39 is 18.7 Å². The monoisotopic (exact) mass is 140 g/mol. The fraction of sp³-hybridized carbons (Fsp3) is 1.00. The van der Waals surface area contributed by atoms with Crippen molar-refractivity contribution in [2.24, 2.45) is 0 Å². The molecular weight excluding hydrogens is 132 g/mol. The Morgan fingerprint density at radius 2 is 1.89 bits per heavy atom. The number of hydrogen-bond acceptors (Lipinski definition) is 6. The Labute approximate surface area is 50.5 Å². The average Bonchev–Trinajstić information content (AvgIpc) is 1.86. The Morgan fingerprint density at radius 1 is 1.44 bits per heavy atom. The van der Waals surface area contributed by atoms with Gasteiger partial charge in [0.25, 0.3) is 0 Å². The molecule has 0 spiro atoms. The zero-order chi connectivity index (χ0) is 7.49. The minimum Gasteiger partial charge on any atom is -0.393 e. The Morgan fingerprint density at radius 3 is 2.00 bits per heavy atom. The summed E-state index contributed by atoms with van der Waals surface area (Å²) in [5.41, 5.74) is 0. The van der Waals surface area contributed by atoms with Crippen LogP contribution in [0.25, 0.3) is 0 Å².